The second kappa shape index (κ2) is 8.94. The lowest BCUT2D eigenvalue weighted by molar-refractivity contribution is 0.0688. The maximum absolute atomic E-state index is 11.9. The average Bonchev–Trinajstić information content (AvgIpc) is 3.13. The van der Waals surface area contributed by atoms with Crippen LogP contribution in [-0.4, -0.2) is 38.5 Å². The summed E-state index contributed by atoms with van der Waals surface area (Å²) < 4.78 is 1.54. The standard InChI is InChI=1S/C21H22N4O3/c1-2-22-20(26)16-11-13-17(14-12-16)25-18(19(21(27)28)23-24-25)10-6-9-15-7-4-3-5-8-15/h3-5,7-8,11-14H,2,6,9-10H2,1H3,(H,22,26)(H,27,28). The van der Waals surface area contributed by atoms with Gasteiger partial charge >= 0.3 is 5.97 Å². The zero-order valence-electron chi connectivity index (χ0n) is 15.6. The third kappa shape index (κ3) is 4.43. The zero-order valence-corrected chi connectivity index (χ0v) is 15.6. The topological polar surface area (TPSA) is 97.1 Å². The maximum Gasteiger partial charge on any atom is 0.358 e. The van der Waals surface area contributed by atoms with Crippen LogP contribution in [0.3, 0.4) is 0 Å². The minimum atomic E-state index is -1.10. The van der Waals surface area contributed by atoms with Crippen LogP contribution in [-0.2, 0) is 12.8 Å². The van der Waals surface area contributed by atoms with Gasteiger partial charge in [-0.25, -0.2) is 9.48 Å². The molecule has 0 aliphatic heterocycles. The van der Waals surface area contributed by atoms with Crippen LogP contribution in [0.15, 0.2) is 54.6 Å². The quantitative estimate of drug-likeness (QED) is 0.628. The number of aromatic carboxylic acids is 1. The van der Waals surface area contributed by atoms with Crippen LogP contribution in [0.5, 0.6) is 0 Å². The molecule has 0 aliphatic carbocycles. The van der Waals surface area contributed by atoms with E-state index in [1.807, 2.05) is 37.3 Å². The van der Waals surface area contributed by atoms with Crippen molar-refractivity contribution in [2.24, 2.45) is 0 Å². The molecule has 0 radical (unpaired) electrons. The predicted octanol–water partition coefficient (Wildman–Crippen LogP) is 2.89. The van der Waals surface area contributed by atoms with Crippen molar-refractivity contribution in [3.05, 3.63) is 77.1 Å². The number of nitrogens with zero attached hydrogens (tertiary/aromatic N) is 3. The molecule has 2 N–H and O–H groups in total. The van der Waals surface area contributed by atoms with E-state index in [9.17, 15) is 14.7 Å². The fraction of sp³-hybridized carbons (Fsp3) is 0.238. The number of nitrogens with one attached hydrogen (secondary N) is 1. The molecule has 3 aromatic rings. The summed E-state index contributed by atoms with van der Waals surface area (Å²) in [5.74, 6) is -1.25. The van der Waals surface area contributed by atoms with Crippen LogP contribution in [0.25, 0.3) is 5.69 Å². The molecular weight excluding hydrogens is 356 g/mol. The summed E-state index contributed by atoms with van der Waals surface area (Å²) in [7, 11) is 0. The Balaban J connectivity index is 1.81. The lowest BCUT2D eigenvalue weighted by Crippen LogP contribution is -2.22. The first-order valence-electron chi connectivity index (χ1n) is 9.20. The summed E-state index contributed by atoms with van der Waals surface area (Å²) in [5, 5.41) is 20.1. The first-order valence-corrected chi connectivity index (χ1v) is 9.20. The van der Waals surface area contributed by atoms with Crippen molar-refractivity contribution in [3.8, 4) is 5.69 Å². The van der Waals surface area contributed by atoms with Gasteiger partial charge in [0.15, 0.2) is 5.69 Å². The maximum atomic E-state index is 11.9. The normalized spacial score (nSPS) is 10.6. The van der Waals surface area contributed by atoms with Crippen molar-refractivity contribution in [3.63, 3.8) is 0 Å². The van der Waals surface area contributed by atoms with Crippen LogP contribution in [0.1, 0.15) is 45.4 Å². The molecule has 0 spiro atoms. The van der Waals surface area contributed by atoms with E-state index >= 15 is 0 Å². The molecule has 0 saturated heterocycles. The van der Waals surface area contributed by atoms with Gasteiger partial charge in [0.1, 0.15) is 0 Å². The van der Waals surface area contributed by atoms with Gasteiger partial charge in [-0.2, -0.15) is 0 Å². The lowest BCUT2D eigenvalue weighted by Gasteiger charge is -2.08. The molecule has 0 bridgehead atoms. The van der Waals surface area contributed by atoms with E-state index in [1.165, 1.54) is 10.2 Å². The van der Waals surface area contributed by atoms with Gasteiger partial charge in [-0.05, 0) is 56.0 Å². The van der Waals surface area contributed by atoms with E-state index < -0.39 is 5.97 Å². The van der Waals surface area contributed by atoms with Crippen LogP contribution in [0, 0.1) is 0 Å². The minimum Gasteiger partial charge on any atom is -0.476 e. The Morgan fingerprint density at radius 1 is 1.04 bits per heavy atom. The fourth-order valence-corrected chi connectivity index (χ4v) is 3.02. The van der Waals surface area contributed by atoms with Gasteiger partial charge in [-0.15, -0.1) is 5.10 Å². The zero-order chi connectivity index (χ0) is 19.9. The smallest absolute Gasteiger partial charge is 0.358 e. The molecule has 144 valence electrons. The molecule has 28 heavy (non-hydrogen) atoms. The molecule has 0 aliphatic rings. The second-order valence-electron chi connectivity index (χ2n) is 6.35. The van der Waals surface area contributed by atoms with Crippen molar-refractivity contribution in [2.45, 2.75) is 26.2 Å². The molecule has 0 saturated carbocycles. The number of benzene rings is 2. The van der Waals surface area contributed by atoms with Crippen LogP contribution in [0.4, 0.5) is 0 Å². The highest BCUT2D eigenvalue weighted by Crippen LogP contribution is 2.17. The van der Waals surface area contributed by atoms with Crippen molar-refractivity contribution in [1.29, 1.82) is 0 Å². The Morgan fingerprint density at radius 3 is 2.39 bits per heavy atom. The SMILES string of the molecule is CCNC(=O)c1ccc(-n2nnc(C(=O)O)c2CCCc2ccccc2)cc1. The largest absolute Gasteiger partial charge is 0.476 e. The summed E-state index contributed by atoms with van der Waals surface area (Å²) in [6.07, 6.45) is 2.14. The number of carboxylic acids is 1. The molecule has 7 heteroatoms. The van der Waals surface area contributed by atoms with Crippen molar-refractivity contribution in [2.75, 3.05) is 6.54 Å². The molecule has 3 rings (SSSR count). The van der Waals surface area contributed by atoms with Gasteiger partial charge in [-0.3, -0.25) is 4.79 Å². The second-order valence-corrected chi connectivity index (χ2v) is 6.35. The summed E-state index contributed by atoms with van der Waals surface area (Å²) in [4.78, 5) is 23.5. The van der Waals surface area contributed by atoms with Gasteiger partial charge in [0.25, 0.3) is 5.91 Å². The van der Waals surface area contributed by atoms with E-state index in [0.29, 0.717) is 29.9 Å². The molecule has 7 nitrogen and oxygen atoms in total. The molecule has 0 fully saturated rings. The predicted molar refractivity (Wildman–Crippen MR) is 105 cm³/mol. The molecule has 1 amide bonds. The van der Waals surface area contributed by atoms with Gasteiger partial charge in [0, 0.05) is 12.1 Å². The van der Waals surface area contributed by atoms with Crippen LogP contribution in [0.2, 0.25) is 0 Å². The molecule has 1 heterocycles. The highest BCUT2D eigenvalue weighted by molar-refractivity contribution is 5.94. The van der Waals surface area contributed by atoms with E-state index in [1.54, 1.807) is 24.3 Å². The Hall–Kier alpha value is -3.48. The van der Waals surface area contributed by atoms with Crippen molar-refractivity contribution in [1.82, 2.24) is 20.3 Å². The fourth-order valence-electron chi connectivity index (χ4n) is 3.02. The molecular formula is C21H22N4O3. The van der Waals surface area contributed by atoms with E-state index in [0.717, 1.165) is 12.8 Å². The third-order valence-corrected chi connectivity index (χ3v) is 4.40. The minimum absolute atomic E-state index is 0.0409. The number of carbonyl (C=O) groups is 2. The highest BCUT2D eigenvalue weighted by Gasteiger charge is 2.19. The van der Waals surface area contributed by atoms with E-state index in [-0.39, 0.29) is 11.6 Å². The van der Waals surface area contributed by atoms with Gasteiger partial charge in [-0.1, -0.05) is 35.5 Å². The lowest BCUT2D eigenvalue weighted by atomic mass is 10.1. The average molecular weight is 378 g/mol. The van der Waals surface area contributed by atoms with Crippen LogP contribution < -0.4 is 5.32 Å². The molecule has 0 unspecified atom stereocenters. The van der Waals surface area contributed by atoms with E-state index in [2.05, 4.69) is 15.6 Å². The number of aromatic nitrogens is 3. The summed E-state index contributed by atoms with van der Waals surface area (Å²) in [6, 6.07) is 16.9. The number of hydrogen-bond acceptors (Lipinski definition) is 4. The number of carbonyl (C=O) groups excluding carboxylic acids is 1. The number of aryl methyl sites for hydroxylation is 1. The summed E-state index contributed by atoms with van der Waals surface area (Å²) in [5.41, 5.74) is 2.91. The Morgan fingerprint density at radius 2 is 1.75 bits per heavy atom. The van der Waals surface area contributed by atoms with Gasteiger partial charge in [0.2, 0.25) is 0 Å². The van der Waals surface area contributed by atoms with Crippen molar-refractivity contribution >= 4 is 11.9 Å². The van der Waals surface area contributed by atoms with Gasteiger partial charge < -0.3 is 10.4 Å². The number of carboxylic acid groups (broad SMARTS) is 1. The summed E-state index contributed by atoms with van der Waals surface area (Å²) in [6.45, 7) is 2.41. The monoisotopic (exact) mass is 378 g/mol. The molecule has 0 atom stereocenters. The number of hydrogen-bond donors (Lipinski definition) is 2. The summed E-state index contributed by atoms with van der Waals surface area (Å²) >= 11 is 0. The highest BCUT2D eigenvalue weighted by atomic mass is 16.4. The van der Waals surface area contributed by atoms with Crippen LogP contribution >= 0.6 is 0 Å². The number of amides is 1. The van der Waals surface area contributed by atoms with Gasteiger partial charge in [0.05, 0.1) is 11.4 Å². The third-order valence-electron chi connectivity index (χ3n) is 4.40. The molecule has 1 aromatic heterocycles. The first kappa shape index (κ1) is 19.3. The van der Waals surface area contributed by atoms with Crippen molar-refractivity contribution < 1.29 is 14.7 Å². The number of rotatable bonds is 8. The first-order chi connectivity index (χ1) is 13.6. The van der Waals surface area contributed by atoms with E-state index in [4.69, 9.17) is 0 Å². The Kier molecular flexibility index (Phi) is 6.16. The Bertz CT molecular complexity index is 950. The Labute approximate surface area is 163 Å². The molecule has 2 aromatic carbocycles.